The molecule has 130 valence electrons. The molecule has 0 unspecified atom stereocenters. The summed E-state index contributed by atoms with van der Waals surface area (Å²) in [4.78, 5) is 4.63. The minimum absolute atomic E-state index is 0.294. The fourth-order valence-corrected chi connectivity index (χ4v) is 3.04. The standard InChI is InChI=1S/C21H17FN2O2/c1-26-16-8-5-14(6-9-16)20-12-24-11-15(7-10-21(24)23-20)17-3-2-4-19(22)18(17)13-25/h2-12,25H,13H2,1H3. The van der Waals surface area contributed by atoms with Crippen LogP contribution < -0.4 is 4.74 Å². The molecule has 0 aliphatic rings. The smallest absolute Gasteiger partial charge is 0.137 e. The number of fused-ring (bicyclic) bond motifs is 1. The number of ether oxygens (including phenoxy) is 1. The zero-order valence-electron chi connectivity index (χ0n) is 14.2. The molecule has 4 rings (SSSR count). The molecule has 5 heteroatoms. The molecule has 1 N–H and O–H groups in total. The first-order chi connectivity index (χ1) is 12.7. The Bertz CT molecular complexity index is 1070. The molecule has 0 amide bonds. The van der Waals surface area contributed by atoms with Crippen LogP contribution in [0.15, 0.2) is 67.0 Å². The summed E-state index contributed by atoms with van der Waals surface area (Å²) >= 11 is 0. The number of halogens is 1. The van der Waals surface area contributed by atoms with Gasteiger partial charge in [0.1, 0.15) is 17.2 Å². The average molecular weight is 348 g/mol. The summed E-state index contributed by atoms with van der Waals surface area (Å²) < 4.78 is 21.0. The molecular formula is C21H17FN2O2. The second kappa shape index (κ2) is 6.61. The highest BCUT2D eigenvalue weighted by Crippen LogP contribution is 2.28. The van der Waals surface area contributed by atoms with Gasteiger partial charge >= 0.3 is 0 Å². The van der Waals surface area contributed by atoms with Gasteiger partial charge in [0.25, 0.3) is 0 Å². The van der Waals surface area contributed by atoms with Gasteiger partial charge in [-0.1, -0.05) is 12.1 Å². The maximum absolute atomic E-state index is 13.9. The van der Waals surface area contributed by atoms with E-state index in [0.717, 1.165) is 28.2 Å². The van der Waals surface area contributed by atoms with Gasteiger partial charge in [0.15, 0.2) is 0 Å². The number of imidazole rings is 1. The number of methoxy groups -OCH3 is 1. The lowest BCUT2D eigenvalue weighted by atomic mass is 10.0. The maximum atomic E-state index is 13.9. The number of aromatic nitrogens is 2. The van der Waals surface area contributed by atoms with Crippen LogP contribution in [0.25, 0.3) is 28.0 Å². The number of pyridine rings is 1. The van der Waals surface area contributed by atoms with Crippen molar-refractivity contribution in [1.29, 1.82) is 0 Å². The summed E-state index contributed by atoms with van der Waals surface area (Å²) in [5, 5.41) is 9.50. The zero-order chi connectivity index (χ0) is 18.1. The number of aliphatic hydroxyl groups excluding tert-OH is 1. The largest absolute Gasteiger partial charge is 0.497 e. The molecule has 0 saturated heterocycles. The summed E-state index contributed by atoms with van der Waals surface area (Å²) in [6.45, 7) is -0.346. The van der Waals surface area contributed by atoms with Crippen LogP contribution in [0.1, 0.15) is 5.56 Å². The van der Waals surface area contributed by atoms with Crippen molar-refractivity contribution < 1.29 is 14.2 Å². The van der Waals surface area contributed by atoms with Crippen molar-refractivity contribution in [3.8, 4) is 28.1 Å². The Balaban J connectivity index is 1.78. The fraction of sp³-hybridized carbons (Fsp3) is 0.0952. The first kappa shape index (κ1) is 16.3. The minimum Gasteiger partial charge on any atom is -0.497 e. The van der Waals surface area contributed by atoms with Crippen molar-refractivity contribution in [2.24, 2.45) is 0 Å². The van der Waals surface area contributed by atoms with Gasteiger partial charge in [-0.05, 0) is 53.6 Å². The van der Waals surface area contributed by atoms with Crippen LogP contribution in [0.3, 0.4) is 0 Å². The minimum atomic E-state index is -0.408. The van der Waals surface area contributed by atoms with E-state index < -0.39 is 5.82 Å². The Morgan fingerprint density at radius 2 is 1.77 bits per heavy atom. The summed E-state index contributed by atoms with van der Waals surface area (Å²) in [6, 6.07) is 16.3. The molecule has 0 saturated carbocycles. The fourth-order valence-electron chi connectivity index (χ4n) is 3.04. The Hall–Kier alpha value is -3.18. The van der Waals surface area contributed by atoms with E-state index in [2.05, 4.69) is 4.98 Å². The van der Waals surface area contributed by atoms with E-state index in [1.165, 1.54) is 6.07 Å². The normalized spacial score (nSPS) is 11.0. The average Bonchev–Trinajstić information content (AvgIpc) is 3.11. The molecule has 2 aromatic heterocycles. The third kappa shape index (κ3) is 2.82. The van der Waals surface area contributed by atoms with Gasteiger partial charge in [0.2, 0.25) is 0 Å². The van der Waals surface area contributed by atoms with E-state index >= 15 is 0 Å². The van der Waals surface area contributed by atoms with E-state index in [-0.39, 0.29) is 6.61 Å². The lowest BCUT2D eigenvalue weighted by molar-refractivity contribution is 0.276. The molecule has 2 heterocycles. The number of rotatable bonds is 4. The van der Waals surface area contributed by atoms with Crippen molar-refractivity contribution in [2.45, 2.75) is 6.61 Å². The predicted octanol–water partition coefficient (Wildman–Crippen LogP) is 4.31. The molecule has 0 fully saturated rings. The predicted molar refractivity (Wildman–Crippen MR) is 98.5 cm³/mol. The van der Waals surface area contributed by atoms with Crippen molar-refractivity contribution >= 4 is 5.65 Å². The van der Waals surface area contributed by atoms with E-state index in [1.54, 1.807) is 19.2 Å². The molecule has 0 aliphatic carbocycles. The van der Waals surface area contributed by atoms with Crippen molar-refractivity contribution in [3.05, 3.63) is 78.4 Å². The SMILES string of the molecule is COc1ccc(-c2cn3cc(-c4cccc(F)c4CO)ccc3n2)cc1. The molecule has 2 aromatic carbocycles. The van der Waals surface area contributed by atoms with Crippen LogP contribution in [-0.4, -0.2) is 21.6 Å². The molecule has 0 aliphatic heterocycles. The van der Waals surface area contributed by atoms with Gasteiger partial charge in [-0.3, -0.25) is 0 Å². The zero-order valence-corrected chi connectivity index (χ0v) is 14.2. The Morgan fingerprint density at radius 1 is 1.00 bits per heavy atom. The molecule has 4 aromatic rings. The van der Waals surface area contributed by atoms with Crippen molar-refractivity contribution in [3.63, 3.8) is 0 Å². The highest BCUT2D eigenvalue weighted by Gasteiger charge is 2.11. The Labute approximate surface area is 150 Å². The number of aliphatic hydroxyl groups is 1. The Morgan fingerprint density at radius 3 is 2.50 bits per heavy atom. The van der Waals surface area contributed by atoms with Gasteiger partial charge in [-0.15, -0.1) is 0 Å². The van der Waals surface area contributed by atoms with E-state index in [0.29, 0.717) is 11.1 Å². The summed E-state index contributed by atoms with van der Waals surface area (Å²) in [7, 11) is 1.63. The highest BCUT2D eigenvalue weighted by atomic mass is 19.1. The van der Waals surface area contributed by atoms with Crippen LogP contribution in [-0.2, 0) is 6.61 Å². The second-order valence-corrected chi connectivity index (χ2v) is 5.96. The molecule has 0 bridgehead atoms. The van der Waals surface area contributed by atoms with Crippen molar-refractivity contribution in [1.82, 2.24) is 9.38 Å². The molecular weight excluding hydrogens is 331 g/mol. The molecule has 0 atom stereocenters. The maximum Gasteiger partial charge on any atom is 0.137 e. The van der Waals surface area contributed by atoms with Crippen molar-refractivity contribution in [2.75, 3.05) is 7.11 Å². The first-order valence-electron chi connectivity index (χ1n) is 8.21. The summed E-state index contributed by atoms with van der Waals surface area (Å²) in [5.41, 5.74) is 4.40. The quantitative estimate of drug-likeness (QED) is 0.598. The third-order valence-corrected chi connectivity index (χ3v) is 4.42. The van der Waals surface area contributed by atoms with E-state index in [1.807, 2.05) is 53.2 Å². The molecule has 4 nitrogen and oxygen atoms in total. The van der Waals surface area contributed by atoms with Gasteiger partial charge in [-0.2, -0.15) is 0 Å². The molecule has 0 radical (unpaired) electrons. The van der Waals surface area contributed by atoms with Crippen LogP contribution >= 0.6 is 0 Å². The number of hydrogen-bond donors (Lipinski definition) is 1. The van der Waals surface area contributed by atoms with Gasteiger partial charge in [0, 0.05) is 23.5 Å². The lowest BCUT2D eigenvalue weighted by Crippen LogP contribution is -1.95. The summed E-state index contributed by atoms with van der Waals surface area (Å²) in [5.74, 6) is 0.386. The number of benzene rings is 2. The summed E-state index contributed by atoms with van der Waals surface area (Å²) in [6.07, 6.45) is 3.82. The van der Waals surface area contributed by atoms with Gasteiger partial charge in [0.05, 0.1) is 19.4 Å². The second-order valence-electron chi connectivity index (χ2n) is 5.96. The number of hydrogen-bond acceptors (Lipinski definition) is 3. The molecule has 26 heavy (non-hydrogen) atoms. The first-order valence-corrected chi connectivity index (χ1v) is 8.21. The van der Waals surface area contributed by atoms with E-state index in [4.69, 9.17) is 4.74 Å². The van der Waals surface area contributed by atoms with Gasteiger partial charge < -0.3 is 14.2 Å². The Kier molecular flexibility index (Phi) is 4.14. The van der Waals surface area contributed by atoms with Crippen LogP contribution in [0.2, 0.25) is 0 Å². The van der Waals surface area contributed by atoms with Crippen LogP contribution in [0.5, 0.6) is 5.75 Å². The van der Waals surface area contributed by atoms with Crippen LogP contribution in [0, 0.1) is 5.82 Å². The lowest BCUT2D eigenvalue weighted by Gasteiger charge is -2.09. The van der Waals surface area contributed by atoms with Crippen LogP contribution in [0.4, 0.5) is 4.39 Å². The molecule has 0 spiro atoms. The topological polar surface area (TPSA) is 46.8 Å². The van der Waals surface area contributed by atoms with E-state index in [9.17, 15) is 9.50 Å². The third-order valence-electron chi connectivity index (χ3n) is 4.42. The van der Waals surface area contributed by atoms with Gasteiger partial charge in [-0.25, -0.2) is 9.37 Å². The highest BCUT2D eigenvalue weighted by molar-refractivity contribution is 5.70. The monoisotopic (exact) mass is 348 g/mol. The number of nitrogens with zero attached hydrogens (tertiary/aromatic N) is 2.